The van der Waals surface area contributed by atoms with Crippen molar-refractivity contribution in [3.8, 4) is 5.75 Å². The molecular weight excluding hydrogens is 287 g/mol. The van der Waals surface area contributed by atoms with Crippen LogP contribution in [0, 0.1) is 0 Å². The average molecular weight is 296 g/mol. The van der Waals surface area contributed by atoms with Crippen molar-refractivity contribution < 1.29 is 31.5 Å². The molecule has 1 atom stereocenters. The van der Waals surface area contributed by atoms with Crippen LogP contribution in [0.2, 0.25) is 0 Å². The second-order valence-corrected chi connectivity index (χ2v) is 4.19. The molecule has 1 amide bonds. The number of nitrogens with one attached hydrogen (secondary N) is 1. The summed E-state index contributed by atoms with van der Waals surface area (Å²) in [6.45, 7) is -0.253. The van der Waals surface area contributed by atoms with Crippen LogP contribution in [0.1, 0.15) is 11.6 Å². The number of alkyl halides is 5. The fraction of sp³-hybridized carbons (Fsp3) is 0.364. The number of halogens is 5. The maximum atomic E-state index is 13.2. The zero-order valence-electron chi connectivity index (χ0n) is 9.80. The fourth-order valence-corrected chi connectivity index (χ4v) is 1.68. The van der Waals surface area contributed by atoms with Crippen LogP contribution >= 0.6 is 0 Å². The van der Waals surface area contributed by atoms with Crippen molar-refractivity contribution in [2.24, 2.45) is 5.73 Å². The van der Waals surface area contributed by atoms with Gasteiger partial charge in [0.2, 0.25) is 0 Å². The quantitative estimate of drug-likeness (QED) is 0.822. The minimum Gasteiger partial charge on any atom is -0.482 e. The molecule has 0 aliphatic carbocycles. The van der Waals surface area contributed by atoms with Gasteiger partial charge < -0.3 is 15.8 Å². The van der Waals surface area contributed by atoms with Gasteiger partial charge in [-0.2, -0.15) is 22.0 Å². The first-order chi connectivity index (χ1) is 9.13. The molecule has 1 aromatic rings. The Morgan fingerprint density at radius 3 is 2.50 bits per heavy atom. The van der Waals surface area contributed by atoms with Crippen LogP contribution in [0.4, 0.5) is 27.6 Å². The number of carbonyl (C=O) groups is 1. The lowest BCUT2D eigenvalue weighted by molar-refractivity contribution is -0.291. The molecule has 0 spiro atoms. The maximum absolute atomic E-state index is 13.2. The van der Waals surface area contributed by atoms with Crippen molar-refractivity contribution >= 4 is 11.6 Å². The molecule has 1 aliphatic heterocycles. The number of fused-ring (bicyclic) bond motifs is 1. The Morgan fingerprint density at radius 1 is 1.25 bits per heavy atom. The molecule has 0 fully saturated rings. The lowest BCUT2D eigenvalue weighted by Crippen LogP contribution is -2.45. The van der Waals surface area contributed by atoms with Gasteiger partial charge in [-0.05, 0) is 17.7 Å². The molecule has 1 aromatic carbocycles. The topological polar surface area (TPSA) is 64.3 Å². The monoisotopic (exact) mass is 296 g/mol. The summed E-state index contributed by atoms with van der Waals surface area (Å²) in [7, 11) is 0. The smallest absolute Gasteiger partial charge is 0.455 e. The number of carbonyl (C=O) groups excluding carboxylic acids is 1. The molecule has 0 saturated carbocycles. The van der Waals surface area contributed by atoms with E-state index in [0.29, 0.717) is 0 Å². The lowest BCUT2D eigenvalue weighted by atomic mass is 10.00. The summed E-state index contributed by atoms with van der Waals surface area (Å²) in [5.41, 5.74) is 4.55. The van der Waals surface area contributed by atoms with Crippen molar-refractivity contribution in [3.63, 3.8) is 0 Å². The lowest BCUT2D eigenvalue weighted by Gasteiger charge is -2.27. The third kappa shape index (κ3) is 2.40. The van der Waals surface area contributed by atoms with Gasteiger partial charge in [0.05, 0.1) is 5.69 Å². The highest BCUT2D eigenvalue weighted by Crippen LogP contribution is 2.44. The van der Waals surface area contributed by atoms with Gasteiger partial charge in [0.1, 0.15) is 11.8 Å². The first-order valence-corrected chi connectivity index (χ1v) is 5.39. The molecule has 0 saturated heterocycles. The van der Waals surface area contributed by atoms with E-state index < -0.39 is 29.6 Å². The summed E-state index contributed by atoms with van der Waals surface area (Å²) in [6.07, 6.45) is -5.76. The minimum absolute atomic E-state index is 0.00664. The first-order valence-electron chi connectivity index (χ1n) is 5.39. The van der Waals surface area contributed by atoms with Crippen LogP contribution in [0.3, 0.4) is 0 Å². The van der Waals surface area contributed by atoms with E-state index in [9.17, 15) is 26.7 Å². The second kappa shape index (κ2) is 4.58. The molecule has 3 N–H and O–H groups in total. The summed E-state index contributed by atoms with van der Waals surface area (Å²) in [4.78, 5) is 11.1. The molecule has 110 valence electrons. The number of rotatable bonds is 2. The van der Waals surface area contributed by atoms with Crippen LogP contribution in [0.25, 0.3) is 0 Å². The zero-order valence-corrected chi connectivity index (χ0v) is 9.80. The Labute approximate surface area is 109 Å². The highest BCUT2D eigenvalue weighted by molar-refractivity contribution is 5.95. The third-order valence-electron chi connectivity index (χ3n) is 2.76. The van der Waals surface area contributed by atoms with Crippen molar-refractivity contribution in [2.75, 3.05) is 11.9 Å². The van der Waals surface area contributed by atoms with Crippen LogP contribution in [-0.4, -0.2) is 24.6 Å². The average Bonchev–Trinajstić information content (AvgIpc) is 2.35. The predicted octanol–water partition coefficient (Wildman–Crippen LogP) is 2.21. The van der Waals surface area contributed by atoms with Gasteiger partial charge >= 0.3 is 12.1 Å². The van der Waals surface area contributed by atoms with E-state index in [1.807, 2.05) is 0 Å². The van der Waals surface area contributed by atoms with Crippen LogP contribution in [0.15, 0.2) is 18.2 Å². The second-order valence-electron chi connectivity index (χ2n) is 4.19. The van der Waals surface area contributed by atoms with E-state index in [4.69, 9.17) is 10.5 Å². The van der Waals surface area contributed by atoms with Crippen LogP contribution < -0.4 is 15.8 Å². The Kier molecular flexibility index (Phi) is 3.32. The molecule has 0 aromatic heterocycles. The number of benzene rings is 1. The van der Waals surface area contributed by atoms with Crippen molar-refractivity contribution in [1.29, 1.82) is 0 Å². The third-order valence-corrected chi connectivity index (χ3v) is 2.76. The standard InChI is InChI=1S/C11H9F5N2O2/c12-10(13,11(14,15)16)9(17)5-1-2-7-6(3-5)18-8(19)4-20-7/h1-3,9H,4,17H2,(H,18,19). The largest absolute Gasteiger partial charge is 0.482 e. The molecule has 0 radical (unpaired) electrons. The number of ether oxygens (including phenoxy) is 1. The van der Waals surface area contributed by atoms with Crippen LogP contribution in [-0.2, 0) is 4.79 Å². The molecule has 1 unspecified atom stereocenters. The molecule has 2 rings (SSSR count). The van der Waals surface area contributed by atoms with Gasteiger partial charge in [-0.25, -0.2) is 0 Å². The molecular formula is C11H9F5N2O2. The van der Waals surface area contributed by atoms with Crippen LogP contribution in [0.5, 0.6) is 5.75 Å². The summed E-state index contributed by atoms with van der Waals surface area (Å²) in [6, 6.07) is 0.542. The Bertz CT molecular complexity index is 544. The van der Waals surface area contributed by atoms with Gasteiger partial charge in [-0.1, -0.05) is 6.07 Å². The summed E-state index contributed by atoms with van der Waals surface area (Å²) in [5.74, 6) is -5.44. The van der Waals surface area contributed by atoms with Crippen molar-refractivity contribution in [3.05, 3.63) is 23.8 Å². The number of amides is 1. The minimum atomic E-state index is -5.76. The SMILES string of the molecule is NC(c1ccc2c(c1)NC(=O)CO2)C(F)(F)C(F)(F)F. The van der Waals surface area contributed by atoms with Gasteiger partial charge in [0.15, 0.2) is 6.61 Å². The molecule has 4 nitrogen and oxygen atoms in total. The van der Waals surface area contributed by atoms with E-state index in [2.05, 4.69) is 5.32 Å². The van der Waals surface area contributed by atoms with E-state index in [0.717, 1.165) is 12.1 Å². The van der Waals surface area contributed by atoms with E-state index in [1.165, 1.54) is 6.07 Å². The van der Waals surface area contributed by atoms with Crippen molar-refractivity contribution in [1.82, 2.24) is 0 Å². The molecule has 1 heterocycles. The fourth-order valence-electron chi connectivity index (χ4n) is 1.68. The van der Waals surface area contributed by atoms with Gasteiger partial charge in [-0.3, -0.25) is 4.79 Å². The Hall–Kier alpha value is -1.90. The van der Waals surface area contributed by atoms with Gasteiger partial charge in [0.25, 0.3) is 5.91 Å². The molecule has 0 bridgehead atoms. The van der Waals surface area contributed by atoms with Gasteiger partial charge in [0, 0.05) is 0 Å². The highest BCUT2D eigenvalue weighted by atomic mass is 19.4. The molecule has 1 aliphatic rings. The molecule has 9 heteroatoms. The number of anilines is 1. The number of hydrogen-bond donors (Lipinski definition) is 2. The normalized spacial score (nSPS) is 17.0. The predicted molar refractivity (Wildman–Crippen MR) is 58.5 cm³/mol. The molecule has 20 heavy (non-hydrogen) atoms. The Morgan fingerprint density at radius 2 is 1.90 bits per heavy atom. The zero-order chi connectivity index (χ0) is 15.1. The summed E-state index contributed by atoms with van der Waals surface area (Å²) < 4.78 is 68.0. The highest BCUT2D eigenvalue weighted by Gasteiger charge is 2.61. The van der Waals surface area contributed by atoms with Gasteiger partial charge in [-0.15, -0.1) is 0 Å². The maximum Gasteiger partial charge on any atom is 0.455 e. The Balaban J connectivity index is 2.34. The summed E-state index contributed by atoms with van der Waals surface area (Å²) >= 11 is 0. The van der Waals surface area contributed by atoms with E-state index >= 15 is 0 Å². The van der Waals surface area contributed by atoms with Crippen molar-refractivity contribution in [2.45, 2.75) is 18.1 Å². The van der Waals surface area contributed by atoms with E-state index in [-0.39, 0.29) is 18.0 Å². The first kappa shape index (κ1) is 14.5. The summed E-state index contributed by atoms with van der Waals surface area (Å²) in [5, 5.41) is 2.30. The number of hydrogen-bond acceptors (Lipinski definition) is 3. The van der Waals surface area contributed by atoms with E-state index in [1.54, 1.807) is 0 Å². The number of nitrogens with two attached hydrogens (primary N) is 1.